The summed E-state index contributed by atoms with van der Waals surface area (Å²) >= 11 is 13.5. The lowest BCUT2D eigenvalue weighted by Crippen LogP contribution is -2.14. The molecule has 0 aliphatic carbocycles. The zero-order valence-corrected chi connectivity index (χ0v) is 13.5. The molecule has 2 rings (SSSR count). The predicted octanol–water partition coefficient (Wildman–Crippen LogP) is 5.67. The van der Waals surface area contributed by atoms with Crippen molar-refractivity contribution >= 4 is 40.7 Å². The van der Waals surface area contributed by atoms with Gasteiger partial charge in [-0.25, -0.2) is 0 Å². The highest BCUT2D eigenvalue weighted by atomic mass is 35.5. The molecule has 4 heteroatoms. The summed E-state index contributed by atoms with van der Waals surface area (Å²) in [6.07, 6.45) is 0. The number of carbonyl (C=O) groups excluding carboxylic acids is 1. The highest BCUT2D eigenvalue weighted by Crippen LogP contribution is 2.30. The molecule has 0 saturated carbocycles. The first kappa shape index (κ1) is 15.4. The van der Waals surface area contributed by atoms with Crippen molar-refractivity contribution in [2.75, 3.05) is 0 Å². The molecule has 0 spiro atoms. The summed E-state index contributed by atoms with van der Waals surface area (Å²) in [6, 6.07) is 13.0. The Bertz CT molecular complexity index is 640. The zero-order valence-electron chi connectivity index (χ0n) is 11.2. The minimum Gasteiger partial charge on any atom is -0.293 e. The van der Waals surface area contributed by atoms with Crippen LogP contribution in [0.3, 0.4) is 0 Å². The van der Waals surface area contributed by atoms with Gasteiger partial charge in [0.2, 0.25) is 0 Å². The fraction of sp³-hybridized carbons (Fsp3) is 0.188. The van der Waals surface area contributed by atoms with Crippen molar-refractivity contribution in [2.24, 2.45) is 0 Å². The van der Waals surface area contributed by atoms with Crippen LogP contribution in [-0.2, 0) is 0 Å². The van der Waals surface area contributed by atoms with Gasteiger partial charge in [-0.1, -0.05) is 41.4 Å². The van der Waals surface area contributed by atoms with Gasteiger partial charge in [-0.15, -0.1) is 11.8 Å². The standard InChI is InChI=1S/C16H14Cl2OS/c1-10-5-3-4-6-15(10)20-11(2)16(19)13-8-7-12(17)9-14(13)18/h3-9,11H,1-2H3. The molecule has 0 aromatic heterocycles. The monoisotopic (exact) mass is 324 g/mol. The molecule has 0 fully saturated rings. The molecular formula is C16H14Cl2OS. The first-order valence-electron chi connectivity index (χ1n) is 6.20. The molecular weight excluding hydrogens is 311 g/mol. The number of halogens is 2. The lowest BCUT2D eigenvalue weighted by Gasteiger charge is -2.13. The summed E-state index contributed by atoms with van der Waals surface area (Å²) in [5.74, 6) is 0.0138. The molecule has 0 heterocycles. The van der Waals surface area contributed by atoms with Gasteiger partial charge in [0.1, 0.15) is 0 Å². The number of hydrogen-bond acceptors (Lipinski definition) is 2. The number of benzene rings is 2. The topological polar surface area (TPSA) is 17.1 Å². The van der Waals surface area contributed by atoms with E-state index in [9.17, 15) is 4.79 Å². The molecule has 0 aliphatic heterocycles. The van der Waals surface area contributed by atoms with Crippen molar-refractivity contribution in [2.45, 2.75) is 24.0 Å². The average Bonchev–Trinajstić information content (AvgIpc) is 2.40. The Morgan fingerprint density at radius 1 is 1.15 bits per heavy atom. The molecule has 0 radical (unpaired) electrons. The van der Waals surface area contributed by atoms with Crippen molar-refractivity contribution in [1.29, 1.82) is 0 Å². The van der Waals surface area contributed by atoms with Crippen LogP contribution in [0.25, 0.3) is 0 Å². The lowest BCUT2D eigenvalue weighted by atomic mass is 10.1. The van der Waals surface area contributed by atoms with E-state index >= 15 is 0 Å². The van der Waals surface area contributed by atoms with Crippen molar-refractivity contribution in [3.63, 3.8) is 0 Å². The van der Waals surface area contributed by atoms with Gasteiger partial charge in [-0.3, -0.25) is 4.79 Å². The quantitative estimate of drug-likeness (QED) is 0.532. The third-order valence-corrected chi connectivity index (χ3v) is 4.79. The minimum atomic E-state index is -0.199. The second-order valence-corrected chi connectivity index (χ2v) is 6.74. The number of hydrogen-bond donors (Lipinski definition) is 0. The minimum absolute atomic E-state index is 0.0138. The van der Waals surface area contributed by atoms with E-state index in [1.165, 1.54) is 5.56 Å². The zero-order chi connectivity index (χ0) is 14.7. The summed E-state index contributed by atoms with van der Waals surface area (Å²) in [7, 11) is 0. The van der Waals surface area contributed by atoms with Crippen LogP contribution in [0.5, 0.6) is 0 Å². The van der Waals surface area contributed by atoms with E-state index in [1.807, 2.05) is 38.1 Å². The SMILES string of the molecule is Cc1ccccc1SC(C)C(=O)c1ccc(Cl)cc1Cl. The normalized spacial score (nSPS) is 12.2. The highest BCUT2D eigenvalue weighted by molar-refractivity contribution is 8.00. The number of aryl methyl sites for hydroxylation is 1. The number of ketones is 1. The van der Waals surface area contributed by atoms with Gasteiger partial charge in [0, 0.05) is 15.5 Å². The highest BCUT2D eigenvalue weighted by Gasteiger charge is 2.19. The van der Waals surface area contributed by atoms with Crippen molar-refractivity contribution in [1.82, 2.24) is 0 Å². The van der Waals surface area contributed by atoms with Crippen LogP contribution in [0, 0.1) is 6.92 Å². The van der Waals surface area contributed by atoms with Gasteiger partial charge < -0.3 is 0 Å². The van der Waals surface area contributed by atoms with E-state index in [0.717, 1.165) is 4.90 Å². The number of carbonyl (C=O) groups is 1. The van der Waals surface area contributed by atoms with E-state index < -0.39 is 0 Å². The van der Waals surface area contributed by atoms with E-state index in [-0.39, 0.29) is 11.0 Å². The Morgan fingerprint density at radius 2 is 1.85 bits per heavy atom. The summed E-state index contributed by atoms with van der Waals surface area (Å²) < 4.78 is 0. The van der Waals surface area contributed by atoms with Gasteiger partial charge in [-0.2, -0.15) is 0 Å². The Balaban J connectivity index is 2.19. The van der Waals surface area contributed by atoms with E-state index in [1.54, 1.807) is 30.0 Å². The predicted molar refractivity (Wildman–Crippen MR) is 87.3 cm³/mol. The lowest BCUT2D eigenvalue weighted by molar-refractivity contribution is 0.0994. The summed E-state index contributed by atoms with van der Waals surface area (Å²) in [4.78, 5) is 13.6. The van der Waals surface area contributed by atoms with E-state index in [2.05, 4.69) is 0 Å². The second kappa shape index (κ2) is 6.66. The second-order valence-electron chi connectivity index (χ2n) is 4.51. The molecule has 104 valence electrons. The molecule has 0 aliphatic rings. The van der Waals surface area contributed by atoms with Gasteiger partial charge >= 0.3 is 0 Å². The molecule has 1 nitrogen and oxygen atoms in total. The molecule has 0 saturated heterocycles. The third kappa shape index (κ3) is 3.57. The largest absolute Gasteiger partial charge is 0.293 e. The molecule has 0 N–H and O–H groups in total. The van der Waals surface area contributed by atoms with Crippen LogP contribution >= 0.6 is 35.0 Å². The van der Waals surface area contributed by atoms with Crippen LogP contribution in [0.4, 0.5) is 0 Å². The number of rotatable bonds is 4. The molecule has 1 atom stereocenters. The summed E-state index contributed by atoms with van der Waals surface area (Å²) in [6.45, 7) is 3.93. The van der Waals surface area contributed by atoms with Crippen molar-refractivity contribution in [3.8, 4) is 0 Å². The maximum absolute atomic E-state index is 12.4. The van der Waals surface area contributed by atoms with Gasteiger partial charge in [-0.05, 0) is 43.7 Å². The van der Waals surface area contributed by atoms with Gasteiger partial charge in [0.05, 0.1) is 10.3 Å². The first-order valence-corrected chi connectivity index (χ1v) is 7.84. The molecule has 0 amide bonds. The molecule has 2 aromatic rings. The van der Waals surface area contributed by atoms with E-state index in [4.69, 9.17) is 23.2 Å². The van der Waals surface area contributed by atoms with Crippen molar-refractivity contribution in [3.05, 3.63) is 63.6 Å². The smallest absolute Gasteiger partial charge is 0.177 e. The fourth-order valence-corrected chi connectivity index (χ4v) is 3.37. The van der Waals surface area contributed by atoms with Crippen LogP contribution in [0.15, 0.2) is 47.4 Å². The maximum atomic E-state index is 12.4. The van der Waals surface area contributed by atoms with Gasteiger partial charge in [0.15, 0.2) is 5.78 Å². The Hall–Kier alpha value is -0.960. The Labute approximate surface area is 133 Å². The Morgan fingerprint density at radius 3 is 2.50 bits per heavy atom. The van der Waals surface area contributed by atoms with Gasteiger partial charge in [0.25, 0.3) is 0 Å². The number of Topliss-reactive ketones (excluding diaryl/α,β-unsaturated/α-hetero) is 1. The molecule has 0 bridgehead atoms. The number of thioether (sulfide) groups is 1. The molecule has 20 heavy (non-hydrogen) atoms. The molecule has 2 aromatic carbocycles. The summed E-state index contributed by atoms with van der Waals surface area (Å²) in [5.41, 5.74) is 1.68. The maximum Gasteiger partial charge on any atom is 0.177 e. The van der Waals surface area contributed by atoms with Crippen LogP contribution in [0.1, 0.15) is 22.8 Å². The fourth-order valence-electron chi connectivity index (χ4n) is 1.84. The van der Waals surface area contributed by atoms with E-state index in [0.29, 0.717) is 15.6 Å². The van der Waals surface area contributed by atoms with Crippen LogP contribution in [0.2, 0.25) is 10.0 Å². The third-order valence-electron chi connectivity index (χ3n) is 2.96. The van der Waals surface area contributed by atoms with Crippen LogP contribution in [-0.4, -0.2) is 11.0 Å². The van der Waals surface area contributed by atoms with Crippen molar-refractivity contribution < 1.29 is 4.79 Å². The average molecular weight is 325 g/mol. The Kier molecular flexibility index (Phi) is 5.14. The van der Waals surface area contributed by atoms with Crippen LogP contribution < -0.4 is 0 Å². The summed E-state index contributed by atoms with van der Waals surface area (Å²) in [5, 5.41) is 0.736. The first-order chi connectivity index (χ1) is 9.49. The molecule has 1 unspecified atom stereocenters.